The first kappa shape index (κ1) is 24.0. The first-order chi connectivity index (χ1) is 16.9. The van der Waals surface area contributed by atoms with Gasteiger partial charge in [0, 0.05) is 42.5 Å². The Morgan fingerprint density at radius 3 is 2.34 bits per heavy atom. The molecule has 2 aromatic carbocycles. The molecule has 11 heteroatoms. The van der Waals surface area contributed by atoms with Gasteiger partial charge in [-0.15, -0.1) is 0 Å². The minimum absolute atomic E-state index is 0.164. The van der Waals surface area contributed by atoms with E-state index in [-0.39, 0.29) is 5.75 Å². The van der Waals surface area contributed by atoms with E-state index < -0.39 is 10.0 Å². The van der Waals surface area contributed by atoms with Crippen molar-refractivity contribution >= 4 is 50.2 Å². The summed E-state index contributed by atoms with van der Waals surface area (Å²) in [6, 6.07) is 15.0. The van der Waals surface area contributed by atoms with Crippen LogP contribution in [-0.2, 0) is 10.0 Å². The lowest BCUT2D eigenvalue weighted by molar-refractivity contribution is 0.384. The Balaban J connectivity index is 1.60. The summed E-state index contributed by atoms with van der Waals surface area (Å²) in [7, 11) is -3.24. The maximum Gasteiger partial charge on any atom is 0.214 e. The van der Waals surface area contributed by atoms with E-state index in [2.05, 4.69) is 14.9 Å². The van der Waals surface area contributed by atoms with Crippen molar-refractivity contribution in [3.63, 3.8) is 0 Å². The Morgan fingerprint density at radius 1 is 0.943 bits per heavy atom. The Bertz CT molecular complexity index is 1470. The number of nitrogens with zero attached hydrogens (tertiary/aromatic N) is 6. The smallest absolute Gasteiger partial charge is 0.214 e. The van der Waals surface area contributed by atoms with Gasteiger partial charge in [-0.3, -0.25) is 4.57 Å². The predicted octanol–water partition coefficient (Wildman–Crippen LogP) is 4.65. The number of piperazine rings is 1. The first-order valence-electron chi connectivity index (χ1n) is 11.4. The molecule has 0 saturated carbocycles. The fraction of sp³-hybridized carbons (Fsp3) is 0.292. The molecule has 0 radical (unpaired) electrons. The average molecular weight is 531 g/mol. The van der Waals surface area contributed by atoms with Crippen molar-refractivity contribution in [3.05, 3.63) is 64.9 Å². The van der Waals surface area contributed by atoms with E-state index >= 15 is 0 Å². The number of fused-ring (bicyclic) bond motifs is 1. The number of hydrogen-bond acceptors (Lipinski definition) is 6. The number of sulfonamides is 1. The number of halogens is 2. The fourth-order valence-corrected chi connectivity index (χ4v) is 6.17. The largest absolute Gasteiger partial charge is 0.352 e. The van der Waals surface area contributed by atoms with E-state index in [4.69, 9.17) is 28.2 Å². The Morgan fingerprint density at radius 2 is 1.66 bits per heavy atom. The minimum atomic E-state index is -3.24. The van der Waals surface area contributed by atoms with Crippen molar-refractivity contribution in [2.45, 2.75) is 13.3 Å². The molecule has 0 unspecified atom stereocenters. The van der Waals surface area contributed by atoms with Crippen LogP contribution in [0, 0.1) is 0 Å². The minimum Gasteiger partial charge on any atom is -0.352 e. The third-order valence-electron chi connectivity index (χ3n) is 6.02. The molecule has 0 atom stereocenters. The van der Waals surface area contributed by atoms with E-state index in [1.165, 1.54) is 6.33 Å². The molecule has 8 nitrogen and oxygen atoms in total. The van der Waals surface area contributed by atoms with Gasteiger partial charge in [0.25, 0.3) is 0 Å². The molecule has 3 heterocycles. The number of hydrogen-bond donors (Lipinski definition) is 0. The number of anilines is 1. The average Bonchev–Trinajstić information content (AvgIpc) is 3.24. The van der Waals surface area contributed by atoms with Crippen LogP contribution in [0.1, 0.15) is 13.3 Å². The lowest BCUT2D eigenvalue weighted by Crippen LogP contribution is -2.49. The lowest BCUT2D eigenvalue weighted by atomic mass is 10.2. The van der Waals surface area contributed by atoms with Gasteiger partial charge in [-0.25, -0.2) is 23.4 Å². The van der Waals surface area contributed by atoms with Crippen molar-refractivity contribution in [2.75, 3.05) is 36.8 Å². The van der Waals surface area contributed by atoms with Crippen LogP contribution in [0.5, 0.6) is 0 Å². The van der Waals surface area contributed by atoms with Crippen molar-refractivity contribution < 1.29 is 8.42 Å². The topological polar surface area (TPSA) is 84.2 Å². The van der Waals surface area contributed by atoms with Gasteiger partial charge in [-0.05, 0) is 42.8 Å². The normalized spacial score (nSPS) is 15.1. The third-order valence-corrected chi connectivity index (χ3v) is 8.68. The molecule has 35 heavy (non-hydrogen) atoms. The van der Waals surface area contributed by atoms with Crippen LogP contribution in [0.25, 0.3) is 28.2 Å². The van der Waals surface area contributed by atoms with Crippen molar-refractivity contribution in [1.82, 2.24) is 23.8 Å². The maximum absolute atomic E-state index is 12.5. The highest BCUT2D eigenvalue weighted by Gasteiger charge is 2.29. The maximum atomic E-state index is 12.5. The molecule has 0 spiro atoms. The molecule has 2 aromatic heterocycles. The van der Waals surface area contributed by atoms with E-state index in [1.807, 2.05) is 60.0 Å². The molecule has 1 aliphatic rings. The summed E-state index contributed by atoms with van der Waals surface area (Å²) in [5.74, 6) is 1.47. The van der Waals surface area contributed by atoms with Crippen LogP contribution < -0.4 is 4.90 Å². The second kappa shape index (κ2) is 9.73. The molecular weight excluding hydrogens is 507 g/mol. The van der Waals surface area contributed by atoms with Crippen LogP contribution in [0.2, 0.25) is 10.0 Å². The van der Waals surface area contributed by atoms with Crippen LogP contribution in [0.3, 0.4) is 0 Å². The standard InChI is InChI=1S/C24H24Cl2N6O2S/c1-2-15-35(33,34)31-13-11-30(12-14-31)23-21-24(28-16-27-23)32(18-9-7-17(25)8-10-18)22(29-21)19-5-3-4-6-20(19)26/h3-10,16H,2,11-15H2,1H3. The Hall–Kier alpha value is -2.72. The Labute approximate surface area is 214 Å². The zero-order chi connectivity index (χ0) is 24.6. The summed E-state index contributed by atoms with van der Waals surface area (Å²) < 4.78 is 28.5. The van der Waals surface area contributed by atoms with E-state index in [0.717, 1.165) is 11.3 Å². The van der Waals surface area contributed by atoms with Crippen LogP contribution in [-0.4, -0.2) is 64.2 Å². The Kier molecular flexibility index (Phi) is 6.67. The van der Waals surface area contributed by atoms with Gasteiger partial charge in [0.2, 0.25) is 10.0 Å². The molecule has 182 valence electrons. The monoisotopic (exact) mass is 530 g/mol. The lowest BCUT2D eigenvalue weighted by Gasteiger charge is -2.34. The van der Waals surface area contributed by atoms with Crippen LogP contribution >= 0.6 is 23.2 Å². The van der Waals surface area contributed by atoms with Gasteiger partial charge in [0.1, 0.15) is 12.2 Å². The number of aromatic nitrogens is 4. The quantitative estimate of drug-likeness (QED) is 0.360. The number of imidazole rings is 1. The number of benzene rings is 2. The summed E-state index contributed by atoms with van der Waals surface area (Å²) >= 11 is 12.7. The first-order valence-corrected chi connectivity index (χ1v) is 13.7. The van der Waals surface area contributed by atoms with Crippen LogP contribution in [0.4, 0.5) is 5.82 Å². The molecular formula is C24H24Cl2N6O2S. The van der Waals surface area contributed by atoms with Gasteiger partial charge < -0.3 is 4.90 Å². The van der Waals surface area contributed by atoms with Crippen molar-refractivity contribution in [1.29, 1.82) is 0 Å². The second-order valence-corrected chi connectivity index (χ2v) is 11.2. The summed E-state index contributed by atoms with van der Waals surface area (Å²) in [5.41, 5.74) is 2.87. The second-order valence-electron chi connectivity index (χ2n) is 8.30. The van der Waals surface area contributed by atoms with Crippen molar-refractivity contribution in [2.24, 2.45) is 0 Å². The molecule has 1 fully saturated rings. The highest BCUT2D eigenvalue weighted by atomic mass is 35.5. The summed E-state index contributed by atoms with van der Waals surface area (Å²) in [6.07, 6.45) is 2.12. The predicted molar refractivity (Wildman–Crippen MR) is 140 cm³/mol. The highest BCUT2D eigenvalue weighted by Crippen LogP contribution is 2.35. The number of rotatable bonds is 6. The van der Waals surface area contributed by atoms with E-state index in [0.29, 0.717) is 65.5 Å². The highest BCUT2D eigenvalue weighted by molar-refractivity contribution is 7.89. The van der Waals surface area contributed by atoms with Crippen LogP contribution in [0.15, 0.2) is 54.9 Å². The van der Waals surface area contributed by atoms with E-state index in [9.17, 15) is 8.42 Å². The molecule has 1 saturated heterocycles. The van der Waals surface area contributed by atoms with Gasteiger partial charge in [0.15, 0.2) is 17.0 Å². The molecule has 0 amide bonds. The SMILES string of the molecule is CCCS(=O)(=O)N1CCN(c2ncnc3c2nc(-c2ccccc2Cl)n3-c2ccc(Cl)cc2)CC1. The van der Waals surface area contributed by atoms with Gasteiger partial charge in [-0.1, -0.05) is 42.3 Å². The molecule has 0 aliphatic carbocycles. The third kappa shape index (κ3) is 4.61. The zero-order valence-corrected chi connectivity index (χ0v) is 21.4. The molecule has 4 aromatic rings. The van der Waals surface area contributed by atoms with Crippen molar-refractivity contribution in [3.8, 4) is 17.1 Å². The summed E-state index contributed by atoms with van der Waals surface area (Å²) in [5, 5.41) is 1.20. The van der Waals surface area contributed by atoms with E-state index in [1.54, 1.807) is 4.31 Å². The van der Waals surface area contributed by atoms with Gasteiger partial charge >= 0.3 is 0 Å². The molecule has 1 aliphatic heterocycles. The molecule has 0 bridgehead atoms. The van der Waals surface area contributed by atoms with Gasteiger partial charge in [0.05, 0.1) is 10.8 Å². The fourth-order valence-electron chi connectivity index (χ4n) is 4.33. The zero-order valence-electron chi connectivity index (χ0n) is 19.1. The molecule has 0 N–H and O–H groups in total. The summed E-state index contributed by atoms with van der Waals surface area (Å²) in [6.45, 7) is 3.72. The molecule has 5 rings (SSSR count). The summed E-state index contributed by atoms with van der Waals surface area (Å²) in [4.78, 5) is 16.1. The van der Waals surface area contributed by atoms with Gasteiger partial charge in [-0.2, -0.15) is 4.31 Å².